The van der Waals surface area contributed by atoms with Gasteiger partial charge in [0.15, 0.2) is 11.6 Å². The molecule has 3 rings (SSSR count). The molecule has 1 N–H and O–H groups in total. The summed E-state index contributed by atoms with van der Waals surface area (Å²) >= 11 is 3.26. The maximum atomic E-state index is 13.4. The molecule has 1 unspecified atom stereocenters. The SMILES string of the molecule is O=C(Nc1ccc(F)c(F)c1)C1CCCCN1S(=O)(=O)c1ccc(Br)cc1. The van der Waals surface area contributed by atoms with Crippen LogP contribution in [0.3, 0.4) is 0 Å². The normalized spacial score (nSPS) is 18.3. The Morgan fingerprint density at radius 1 is 1.07 bits per heavy atom. The van der Waals surface area contributed by atoms with Crippen molar-refractivity contribution in [2.45, 2.75) is 30.2 Å². The average Bonchev–Trinajstić information content (AvgIpc) is 2.65. The van der Waals surface area contributed by atoms with Crippen molar-refractivity contribution < 1.29 is 22.0 Å². The molecule has 1 saturated heterocycles. The van der Waals surface area contributed by atoms with Gasteiger partial charge in [-0.1, -0.05) is 22.4 Å². The lowest BCUT2D eigenvalue weighted by Crippen LogP contribution is -2.49. The van der Waals surface area contributed by atoms with Gasteiger partial charge in [0.2, 0.25) is 15.9 Å². The Hall–Kier alpha value is -1.84. The van der Waals surface area contributed by atoms with Crippen molar-refractivity contribution in [3.8, 4) is 0 Å². The summed E-state index contributed by atoms with van der Waals surface area (Å²) in [4.78, 5) is 12.8. The summed E-state index contributed by atoms with van der Waals surface area (Å²) in [6, 6.07) is 8.26. The number of nitrogens with one attached hydrogen (secondary N) is 1. The standard InChI is InChI=1S/C18H17BrF2N2O3S/c19-12-4-7-14(8-5-12)27(25,26)23-10-2-1-3-17(23)18(24)22-13-6-9-15(20)16(21)11-13/h4-9,11,17H,1-3,10H2,(H,22,24). The van der Waals surface area contributed by atoms with Gasteiger partial charge in [-0.25, -0.2) is 17.2 Å². The zero-order valence-corrected chi connectivity index (χ0v) is 16.6. The number of carbonyl (C=O) groups excluding carboxylic acids is 1. The highest BCUT2D eigenvalue weighted by atomic mass is 79.9. The molecule has 0 bridgehead atoms. The summed E-state index contributed by atoms with van der Waals surface area (Å²) < 4.78 is 54.3. The molecule has 1 fully saturated rings. The fourth-order valence-electron chi connectivity index (χ4n) is 3.00. The predicted molar refractivity (Wildman–Crippen MR) is 101 cm³/mol. The van der Waals surface area contributed by atoms with Gasteiger partial charge in [-0.05, 0) is 49.2 Å². The Kier molecular flexibility index (Phi) is 5.92. The lowest BCUT2D eigenvalue weighted by Gasteiger charge is -2.33. The van der Waals surface area contributed by atoms with Crippen LogP contribution < -0.4 is 5.32 Å². The monoisotopic (exact) mass is 458 g/mol. The second-order valence-electron chi connectivity index (χ2n) is 6.20. The predicted octanol–water partition coefficient (Wildman–Crippen LogP) is 3.91. The summed E-state index contributed by atoms with van der Waals surface area (Å²) in [5, 5.41) is 2.48. The second kappa shape index (κ2) is 8.04. The lowest BCUT2D eigenvalue weighted by atomic mass is 10.0. The molecule has 9 heteroatoms. The molecular formula is C18H17BrF2N2O3S. The van der Waals surface area contributed by atoms with E-state index in [0.29, 0.717) is 19.3 Å². The summed E-state index contributed by atoms with van der Waals surface area (Å²) in [7, 11) is -3.86. The second-order valence-corrected chi connectivity index (χ2v) is 9.01. The smallest absolute Gasteiger partial charge is 0.243 e. The molecule has 1 amide bonds. The van der Waals surface area contributed by atoms with Gasteiger partial charge in [-0.3, -0.25) is 4.79 Å². The maximum absolute atomic E-state index is 13.4. The zero-order chi connectivity index (χ0) is 19.6. The molecule has 2 aromatic rings. The van der Waals surface area contributed by atoms with Crippen LogP contribution in [0.5, 0.6) is 0 Å². The van der Waals surface area contributed by atoms with Crippen molar-refractivity contribution in [2.75, 3.05) is 11.9 Å². The minimum absolute atomic E-state index is 0.0745. The number of rotatable bonds is 4. The molecule has 1 heterocycles. The minimum atomic E-state index is -3.86. The van der Waals surface area contributed by atoms with Crippen molar-refractivity contribution in [1.29, 1.82) is 0 Å². The first-order valence-corrected chi connectivity index (χ1v) is 10.6. The Morgan fingerprint density at radius 2 is 1.78 bits per heavy atom. The van der Waals surface area contributed by atoms with Gasteiger partial charge in [0, 0.05) is 22.8 Å². The van der Waals surface area contributed by atoms with Crippen LogP contribution in [0.25, 0.3) is 0 Å². The molecule has 5 nitrogen and oxygen atoms in total. The van der Waals surface area contributed by atoms with Gasteiger partial charge < -0.3 is 5.32 Å². The van der Waals surface area contributed by atoms with Crippen LogP contribution in [-0.4, -0.2) is 31.2 Å². The number of halogens is 3. The van der Waals surface area contributed by atoms with Gasteiger partial charge in [-0.2, -0.15) is 4.31 Å². The van der Waals surface area contributed by atoms with Crippen LogP contribution in [-0.2, 0) is 14.8 Å². The van der Waals surface area contributed by atoms with Gasteiger partial charge in [-0.15, -0.1) is 0 Å². The lowest BCUT2D eigenvalue weighted by molar-refractivity contribution is -0.120. The maximum Gasteiger partial charge on any atom is 0.243 e. The molecule has 144 valence electrons. The number of hydrogen-bond acceptors (Lipinski definition) is 3. The van der Waals surface area contributed by atoms with Crippen LogP contribution in [0.1, 0.15) is 19.3 Å². The number of sulfonamides is 1. The third-order valence-corrected chi connectivity index (χ3v) is 6.81. The largest absolute Gasteiger partial charge is 0.325 e. The molecule has 27 heavy (non-hydrogen) atoms. The van der Waals surface area contributed by atoms with E-state index in [1.54, 1.807) is 12.1 Å². The Bertz CT molecular complexity index is 952. The molecule has 0 radical (unpaired) electrons. The summed E-state index contributed by atoms with van der Waals surface area (Å²) in [6.45, 7) is 0.217. The number of nitrogens with zero attached hydrogens (tertiary/aromatic N) is 1. The molecule has 0 spiro atoms. The topological polar surface area (TPSA) is 66.5 Å². The molecule has 1 atom stereocenters. The molecular weight excluding hydrogens is 442 g/mol. The van der Waals surface area contributed by atoms with E-state index in [1.807, 2.05) is 0 Å². The molecule has 0 aliphatic carbocycles. The van der Waals surface area contributed by atoms with E-state index >= 15 is 0 Å². The quantitative estimate of drug-likeness (QED) is 0.754. The summed E-state index contributed by atoms with van der Waals surface area (Å²) in [6.07, 6.45) is 1.69. The van der Waals surface area contributed by atoms with Crippen LogP contribution >= 0.6 is 15.9 Å². The number of amides is 1. The fourth-order valence-corrected chi connectivity index (χ4v) is 4.92. The first-order valence-electron chi connectivity index (χ1n) is 8.32. The van der Waals surface area contributed by atoms with E-state index in [4.69, 9.17) is 0 Å². The van der Waals surface area contributed by atoms with Crippen LogP contribution in [0.4, 0.5) is 14.5 Å². The molecule has 1 aliphatic heterocycles. The van der Waals surface area contributed by atoms with Crippen molar-refractivity contribution >= 4 is 37.5 Å². The number of hydrogen-bond donors (Lipinski definition) is 1. The van der Waals surface area contributed by atoms with E-state index in [9.17, 15) is 22.0 Å². The van der Waals surface area contributed by atoms with E-state index < -0.39 is 33.6 Å². The average molecular weight is 459 g/mol. The van der Waals surface area contributed by atoms with E-state index in [0.717, 1.165) is 16.6 Å². The fraction of sp³-hybridized carbons (Fsp3) is 0.278. The van der Waals surface area contributed by atoms with Crippen LogP contribution in [0, 0.1) is 11.6 Å². The van der Waals surface area contributed by atoms with Crippen LogP contribution in [0.2, 0.25) is 0 Å². The summed E-state index contributed by atoms with van der Waals surface area (Å²) in [5.74, 6) is -2.68. The van der Waals surface area contributed by atoms with Crippen molar-refractivity contribution in [3.63, 3.8) is 0 Å². The Morgan fingerprint density at radius 3 is 2.44 bits per heavy atom. The Labute approximate surface area is 164 Å². The van der Waals surface area contributed by atoms with E-state index in [-0.39, 0.29) is 17.1 Å². The highest BCUT2D eigenvalue weighted by Crippen LogP contribution is 2.27. The van der Waals surface area contributed by atoms with Gasteiger partial charge >= 0.3 is 0 Å². The first-order chi connectivity index (χ1) is 12.8. The third kappa shape index (κ3) is 4.36. The summed E-state index contributed by atoms with van der Waals surface area (Å²) in [5.41, 5.74) is 0.0745. The zero-order valence-electron chi connectivity index (χ0n) is 14.2. The number of anilines is 1. The minimum Gasteiger partial charge on any atom is -0.325 e. The van der Waals surface area contributed by atoms with Gasteiger partial charge in [0.25, 0.3) is 0 Å². The van der Waals surface area contributed by atoms with E-state index in [1.165, 1.54) is 22.5 Å². The number of benzene rings is 2. The molecule has 1 aliphatic rings. The molecule has 2 aromatic carbocycles. The first kappa shape index (κ1) is 19.9. The van der Waals surface area contributed by atoms with Crippen molar-refractivity contribution in [2.24, 2.45) is 0 Å². The number of carbonyl (C=O) groups is 1. The molecule has 0 saturated carbocycles. The third-order valence-electron chi connectivity index (χ3n) is 4.36. The Balaban J connectivity index is 1.85. The van der Waals surface area contributed by atoms with Crippen molar-refractivity contribution in [3.05, 3.63) is 58.6 Å². The van der Waals surface area contributed by atoms with Gasteiger partial charge in [0.05, 0.1) is 4.90 Å². The van der Waals surface area contributed by atoms with E-state index in [2.05, 4.69) is 21.2 Å². The molecule has 0 aromatic heterocycles. The highest BCUT2D eigenvalue weighted by Gasteiger charge is 2.37. The highest BCUT2D eigenvalue weighted by molar-refractivity contribution is 9.10. The number of piperidine rings is 1. The van der Waals surface area contributed by atoms with Crippen molar-refractivity contribution in [1.82, 2.24) is 4.31 Å². The van der Waals surface area contributed by atoms with Crippen LogP contribution in [0.15, 0.2) is 51.8 Å². The van der Waals surface area contributed by atoms with Gasteiger partial charge in [0.1, 0.15) is 6.04 Å².